The van der Waals surface area contributed by atoms with Crippen LogP contribution in [0.4, 0.5) is 14.5 Å². The summed E-state index contributed by atoms with van der Waals surface area (Å²) in [5, 5.41) is 2.39. The van der Waals surface area contributed by atoms with Crippen molar-refractivity contribution in [1.82, 2.24) is 9.55 Å². The number of aromatic nitrogens is 2. The zero-order valence-corrected chi connectivity index (χ0v) is 11.7. The monoisotopic (exact) mass is 297 g/mol. The Morgan fingerprint density at radius 3 is 2.60 bits per heavy atom. The van der Waals surface area contributed by atoms with Crippen LogP contribution in [0.3, 0.4) is 0 Å². The second kappa shape index (κ2) is 6.04. The maximum absolute atomic E-state index is 13.4. The largest absolute Gasteiger partial charge is 0.329 e. The van der Waals surface area contributed by atoms with E-state index in [-0.39, 0.29) is 0 Å². The van der Waals surface area contributed by atoms with Gasteiger partial charge in [0.25, 0.3) is 0 Å². The lowest BCUT2D eigenvalue weighted by Crippen LogP contribution is -2.24. The third-order valence-electron chi connectivity index (χ3n) is 2.64. The molecule has 1 aromatic heterocycles. The number of aryl methyl sites for hydroxylation is 1. The summed E-state index contributed by atoms with van der Waals surface area (Å²) < 4.78 is 28.6. The van der Waals surface area contributed by atoms with E-state index in [2.05, 4.69) is 10.3 Å². The molecule has 0 aliphatic heterocycles. The van der Waals surface area contributed by atoms with Crippen molar-refractivity contribution in [3.8, 4) is 0 Å². The Kier molecular flexibility index (Phi) is 4.39. The zero-order chi connectivity index (χ0) is 14.7. The molecule has 0 saturated heterocycles. The summed E-state index contributed by atoms with van der Waals surface area (Å²) in [6.07, 6.45) is 3.37. The first-order valence-electron chi connectivity index (χ1n) is 5.88. The van der Waals surface area contributed by atoms with E-state index in [0.717, 1.165) is 12.1 Å². The number of imidazole rings is 1. The minimum Gasteiger partial charge on any atom is -0.329 e. The van der Waals surface area contributed by atoms with Gasteiger partial charge in [0.15, 0.2) is 5.16 Å². The Hall–Kier alpha value is -1.89. The quantitative estimate of drug-likeness (QED) is 0.883. The number of rotatable bonds is 4. The molecule has 0 fully saturated rings. The van der Waals surface area contributed by atoms with Gasteiger partial charge in [0.2, 0.25) is 5.91 Å². The van der Waals surface area contributed by atoms with Gasteiger partial charge in [0.1, 0.15) is 17.3 Å². The van der Waals surface area contributed by atoms with Crippen molar-refractivity contribution in [2.75, 3.05) is 5.32 Å². The molecule has 20 heavy (non-hydrogen) atoms. The summed E-state index contributed by atoms with van der Waals surface area (Å²) in [6, 6.07) is 3.43. The predicted octanol–water partition coefficient (Wildman–Crippen LogP) is 2.82. The van der Waals surface area contributed by atoms with Gasteiger partial charge in [-0.05, 0) is 19.1 Å². The van der Waals surface area contributed by atoms with Gasteiger partial charge >= 0.3 is 0 Å². The third kappa shape index (κ3) is 3.16. The lowest BCUT2D eigenvalue weighted by atomic mass is 10.3. The van der Waals surface area contributed by atoms with E-state index in [4.69, 9.17) is 0 Å². The van der Waals surface area contributed by atoms with E-state index >= 15 is 0 Å². The molecule has 0 bridgehead atoms. The Morgan fingerprint density at radius 1 is 1.40 bits per heavy atom. The van der Waals surface area contributed by atoms with Crippen molar-refractivity contribution >= 4 is 23.4 Å². The maximum atomic E-state index is 13.4. The topological polar surface area (TPSA) is 46.9 Å². The first-order chi connectivity index (χ1) is 9.49. The minimum atomic E-state index is -0.799. The van der Waals surface area contributed by atoms with Gasteiger partial charge in [0.05, 0.1) is 5.25 Å². The van der Waals surface area contributed by atoms with Gasteiger partial charge in [-0.15, -0.1) is 0 Å². The van der Waals surface area contributed by atoms with E-state index in [1.54, 1.807) is 30.9 Å². The van der Waals surface area contributed by atoms with Crippen LogP contribution in [-0.4, -0.2) is 20.7 Å². The summed E-state index contributed by atoms with van der Waals surface area (Å²) in [7, 11) is 1.80. The molecule has 1 heterocycles. The Balaban J connectivity index is 2.06. The number of nitrogens with one attached hydrogen (secondary N) is 1. The van der Waals surface area contributed by atoms with Crippen LogP contribution in [0.15, 0.2) is 35.7 Å². The maximum Gasteiger partial charge on any atom is 0.237 e. The van der Waals surface area contributed by atoms with Crippen molar-refractivity contribution < 1.29 is 13.6 Å². The number of carbonyl (C=O) groups is 1. The van der Waals surface area contributed by atoms with E-state index in [0.29, 0.717) is 5.16 Å². The molecule has 0 aliphatic carbocycles. The average molecular weight is 297 g/mol. The minimum absolute atomic E-state index is 0.426. The molecule has 1 N–H and O–H groups in total. The van der Waals surface area contributed by atoms with E-state index in [1.165, 1.54) is 17.8 Å². The van der Waals surface area contributed by atoms with E-state index in [9.17, 15) is 13.6 Å². The van der Waals surface area contributed by atoms with Crippen molar-refractivity contribution in [1.29, 1.82) is 0 Å². The molecule has 1 atom stereocenters. The number of thioether (sulfide) groups is 1. The standard InChI is InChI=1S/C13H13F2N3OS/c1-8(20-13-16-6-7-18(13)2)12(19)17-11-9(14)4-3-5-10(11)15/h3-8H,1-2H3,(H,17,19). The van der Waals surface area contributed by atoms with Crippen LogP contribution < -0.4 is 5.32 Å². The molecule has 4 nitrogen and oxygen atoms in total. The highest BCUT2D eigenvalue weighted by Gasteiger charge is 2.19. The molecule has 0 saturated carbocycles. The fraction of sp³-hybridized carbons (Fsp3) is 0.231. The summed E-state index contributed by atoms with van der Waals surface area (Å²) >= 11 is 1.21. The van der Waals surface area contributed by atoms with Crippen LogP contribution >= 0.6 is 11.8 Å². The first-order valence-corrected chi connectivity index (χ1v) is 6.76. The number of hydrogen-bond acceptors (Lipinski definition) is 3. The summed E-state index contributed by atoms with van der Waals surface area (Å²) in [4.78, 5) is 16.0. The zero-order valence-electron chi connectivity index (χ0n) is 10.9. The van der Waals surface area contributed by atoms with Crippen LogP contribution in [-0.2, 0) is 11.8 Å². The molecular weight excluding hydrogens is 284 g/mol. The molecular formula is C13H13F2N3OS. The Labute approximate surface area is 119 Å². The number of para-hydroxylation sites is 1. The molecule has 0 radical (unpaired) electrons. The first kappa shape index (κ1) is 14.5. The van der Waals surface area contributed by atoms with E-state index < -0.39 is 28.5 Å². The fourth-order valence-corrected chi connectivity index (χ4v) is 2.35. The number of anilines is 1. The highest BCUT2D eigenvalue weighted by molar-refractivity contribution is 8.00. The predicted molar refractivity (Wildman–Crippen MR) is 73.5 cm³/mol. The highest BCUT2D eigenvalue weighted by Crippen LogP contribution is 2.23. The van der Waals surface area contributed by atoms with Crippen molar-refractivity contribution in [2.45, 2.75) is 17.3 Å². The van der Waals surface area contributed by atoms with Crippen molar-refractivity contribution in [2.24, 2.45) is 7.05 Å². The lowest BCUT2D eigenvalue weighted by Gasteiger charge is -2.12. The van der Waals surface area contributed by atoms with Crippen molar-refractivity contribution in [3.05, 3.63) is 42.2 Å². The molecule has 2 aromatic rings. The summed E-state index contributed by atoms with van der Waals surface area (Å²) in [5.41, 5.74) is -0.426. The van der Waals surface area contributed by atoms with Crippen molar-refractivity contribution in [3.63, 3.8) is 0 Å². The van der Waals surface area contributed by atoms with Crippen LogP contribution in [0.25, 0.3) is 0 Å². The Bertz CT molecular complexity index is 610. The molecule has 2 rings (SSSR count). The van der Waals surface area contributed by atoms with Crippen LogP contribution in [0.2, 0.25) is 0 Å². The third-order valence-corrected chi connectivity index (χ3v) is 3.81. The normalized spacial score (nSPS) is 12.2. The number of hydrogen-bond donors (Lipinski definition) is 1. The summed E-state index contributed by atoms with van der Waals surface area (Å²) in [6.45, 7) is 1.65. The van der Waals surface area contributed by atoms with Crippen LogP contribution in [0, 0.1) is 11.6 Å². The second-order valence-corrected chi connectivity index (χ2v) is 5.47. The number of halogens is 2. The molecule has 106 valence electrons. The molecule has 7 heteroatoms. The Morgan fingerprint density at radius 2 is 2.05 bits per heavy atom. The molecule has 1 unspecified atom stereocenters. The second-order valence-electron chi connectivity index (χ2n) is 4.17. The smallest absolute Gasteiger partial charge is 0.237 e. The van der Waals surface area contributed by atoms with Crippen LogP contribution in [0.1, 0.15) is 6.92 Å². The lowest BCUT2D eigenvalue weighted by molar-refractivity contribution is -0.115. The number of benzene rings is 1. The highest BCUT2D eigenvalue weighted by atomic mass is 32.2. The number of carbonyl (C=O) groups excluding carboxylic acids is 1. The number of nitrogens with zero attached hydrogens (tertiary/aromatic N) is 2. The van der Waals surface area contributed by atoms with Gasteiger partial charge in [-0.3, -0.25) is 4.79 Å². The SMILES string of the molecule is CC(Sc1nccn1C)C(=O)Nc1c(F)cccc1F. The molecule has 0 aliphatic rings. The van der Waals surface area contributed by atoms with Gasteiger partial charge in [-0.2, -0.15) is 0 Å². The average Bonchev–Trinajstić information content (AvgIpc) is 2.79. The van der Waals surface area contributed by atoms with Gasteiger partial charge in [-0.1, -0.05) is 17.8 Å². The fourth-order valence-electron chi connectivity index (χ4n) is 1.52. The number of amides is 1. The van der Waals surface area contributed by atoms with Crippen LogP contribution in [0.5, 0.6) is 0 Å². The van der Waals surface area contributed by atoms with Gasteiger partial charge in [0, 0.05) is 19.4 Å². The van der Waals surface area contributed by atoms with E-state index in [1.807, 2.05) is 0 Å². The summed E-state index contributed by atoms with van der Waals surface area (Å²) in [5.74, 6) is -2.08. The molecule has 1 amide bonds. The van der Waals surface area contributed by atoms with Gasteiger partial charge in [-0.25, -0.2) is 13.8 Å². The molecule has 1 aromatic carbocycles. The van der Waals surface area contributed by atoms with Gasteiger partial charge < -0.3 is 9.88 Å². The molecule has 0 spiro atoms.